The molecule has 0 heterocycles. The second-order valence-electron chi connectivity index (χ2n) is 3.10. The van der Waals surface area contributed by atoms with Crippen LogP contribution in [0.3, 0.4) is 0 Å². The van der Waals surface area contributed by atoms with E-state index in [0.29, 0.717) is 5.56 Å². The predicted molar refractivity (Wildman–Crippen MR) is 62.0 cm³/mol. The third kappa shape index (κ3) is 3.86. The van der Waals surface area contributed by atoms with Crippen molar-refractivity contribution >= 4 is 33.9 Å². The maximum Gasteiger partial charge on any atom is 0.332 e. The number of aliphatic carboxylic acids is 2. The Morgan fingerprint density at radius 3 is 2.19 bits per heavy atom. The van der Waals surface area contributed by atoms with E-state index in [1.165, 1.54) is 6.08 Å². The molecule has 1 aromatic carbocycles. The molecule has 1 rings (SSSR count). The van der Waals surface area contributed by atoms with Crippen LogP contribution < -0.4 is 0 Å². The summed E-state index contributed by atoms with van der Waals surface area (Å²) >= 11 is 3.25. The summed E-state index contributed by atoms with van der Waals surface area (Å²) in [6.07, 6.45) is 0.855. The number of hydrogen-bond acceptors (Lipinski definition) is 2. The summed E-state index contributed by atoms with van der Waals surface area (Å²) in [7, 11) is 0. The first-order valence-corrected chi connectivity index (χ1v) is 5.19. The largest absolute Gasteiger partial charge is 0.481 e. The van der Waals surface area contributed by atoms with Crippen LogP contribution in [-0.2, 0) is 9.59 Å². The number of hydrogen-bond donors (Lipinski definition) is 2. The van der Waals surface area contributed by atoms with Gasteiger partial charge in [-0.1, -0.05) is 28.1 Å². The Balaban J connectivity index is 2.97. The van der Waals surface area contributed by atoms with E-state index < -0.39 is 18.4 Å². The van der Waals surface area contributed by atoms with Gasteiger partial charge in [-0.3, -0.25) is 4.79 Å². The number of carboxylic acid groups (broad SMARTS) is 2. The number of rotatable bonds is 4. The molecule has 0 radical (unpaired) electrons. The molecule has 2 N–H and O–H groups in total. The molecule has 0 aliphatic rings. The molecule has 4 nitrogen and oxygen atoms in total. The van der Waals surface area contributed by atoms with Crippen molar-refractivity contribution in [2.24, 2.45) is 0 Å². The van der Waals surface area contributed by atoms with Gasteiger partial charge in [0.25, 0.3) is 0 Å². The molecule has 0 aliphatic carbocycles. The molecule has 0 saturated carbocycles. The van der Waals surface area contributed by atoms with Crippen LogP contribution in [0.4, 0.5) is 0 Å². The molecule has 0 fully saturated rings. The van der Waals surface area contributed by atoms with Gasteiger partial charge >= 0.3 is 11.9 Å². The van der Waals surface area contributed by atoms with Crippen molar-refractivity contribution in [2.75, 3.05) is 0 Å². The van der Waals surface area contributed by atoms with Gasteiger partial charge in [0.05, 0.1) is 6.42 Å². The fraction of sp³-hybridized carbons (Fsp3) is 0.0909. The van der Waals surface area contributed by atoms with Crippen molar-refractivity contribution in [3.8, 4) is 0 Å². The molecule has 0 bridgehead atoms. The minimum Gasteiger partial charge on any atom is -0.481 e. The van der Waals surface area contributed by atoms with Gasteiger partial charge in [-0.25, -0.2) is 4.79 Å². The molecule has 0 unspecified atom stereocenters. The lowest BCUT2D eigenvalue weighted by Gasteiger charge is -1.99. The fourth-order valence-electron chi connectivity index (χ4n) is 1.11. The molecule has 0 aliphatic heterocycles. The zero-order valence-corrected chi connectivity index (χ0v) is 9.77. The van der Waals surface area contributed by atoms with Crippen LogP contribution in [0.15, 0.2) is 34.3 Å². The minimum atomic E-state index is -1.22. The van der Waals surface area contributed by atoms with E-state index >= 15 is 0 Å². The monoisotopic (exact) mass is 284 g/mol. The molecule has 0 aromatic heterocycles. The van der Waals surface area contributed by atoms with Gasteiger partial charge in [0.15, 0.2) is 0 Å². The molecule has 1 aromatic rings. The van der Waals surface area contributed by atoms with Gasteiger partial charge in [0.1, 0.15) is 0 Å². The smallest absolute Gasteiger partial charge is 0.332 e. The van der Waals surface area contributed by atoms with Gasteiger partial charge in [-0.15, -0.1) is 0 Å². The summed E-state index contributed by atoms with van der Waals surface area (Å²) in [4.78, 5) is 21.2. The van der Waals surface area contributed by atoms with Crippen LogP contribution in [0.25, 0.3) is 6.08 Å². The summed E-state index contributed by atoms with van der Waals surface area (Å²) < 4.78 is 0.875. The topological polar surface area (TPSA) is 74.6 Å². The lowest BCUT2D eigenvalue weighted by molar-refractivity contribution is -0.139. The zero-order chi connectivity index (χ0) is 12.1. The highest BCUT2D eigenvalue weighted by Crippen LogP contribution is 2.14. The van der Waals surface area contributed by atoms with E-state index in [0.717, 1.165) is 4.47 Å². The Kier molecular flexibility index (Phi) is 4.25. The van der Waals surface area contributed by atoms with E-state index in [9.17, 15) is 9.59 Å². The lowest BCUT2D eigenvalue weighted by atomic mass is 10.1. The molecule has 0 saturated heterocycles. The summed E-state index contributed by atoms with van der Waals surface area (Å²) in [5.74, 6) is -2.38. The highest BCUT2D eigenvalue weighted by atomic mass is 79.9. The first-order valence-electron chi connectivity index (χ1n) is 4.40. The van der Waals surface area contributed by atoms with Crippen LogP contribution in [-0.4, -0.2) is 22.2 Å². The maximum atomic E-state index is 10.8. The van der Waals surface area contributed by atoms with E-state index in [2.05, 4.69) is 15.9 Å². The summed E-state index contributed by atoms with van der Waals surface area (Å²) in [5.41, 5.74) is 0.511. The average molecular weight is 285 g/mol. The van der Waals surface area contributed by atoms with Crippen molar-refractivity contribution in [2.45, 2.75) is 6.42 Å². The molecule has 0 spiro atoms. The summed E-state index contributed by atoms with van der Waals surface area (Å²) in [6.45, 7) is 0. The van der Waals surface area contributed by atoms with Crippen LogP contribution >= 0.6 is 15.9 Å². The highest BCUT2D eigenvalue weighted by molar-refractivity contribution is 9.10. The second-order valence-corrected chi connectivity index (χ2v) is 4.01. The number of halogens is 1. The molecular formula is C11H9BrO4. The number of carboxylic acids is 2. The molecular weight excluding hydrogens is 276 g/mol. The van der Waals surface area contributed by atoms with Gasteiger partial charge < -0.3 is 10.2 Å². The quantitative estimate of drug-likeness (QED) is 0.833. The Bertz CT molecular complexity index is 434. The Morgan fingerprint density at radius 1 is 1.19 bits per heavy atom. The summed E-state index contributed by atoms with van der Waals surface area (Å²) in [5, 5.41) is 17.3. The van der Waals surface area contributed by atoms with Crippen molar-refractivity contribution < 1.29 is 19.8 Å². The average Bonchev–Trinajstić information content (AvgIpc) is 2.19. The predicted octanol–water partition coefficient (Wildman–Crippen LogP) is 2.39. The molecule has 5 heteroatoms. The van der Waals surface area contributed by atoms with Crippen molar-refractivity contribution in [1.82, 2.24) is 0 Å². The van der Waals surface area contributed by atoms with Gasteiger partial charge in [0.2, 0.25) is 0 Å². The number of benzene rings is 1. The standard InChI is InChI=1S/C11H9BrO4/c12-9-3-1-7(2-4-9)5-8(11(15)16)6-10(13)14/h1-5H,6H2,(H,13,14)(H,15,16)/b8-5+. The van der Waals surface area contributed by atoms with E-state index in [1.54, 1.807) is 24.3 Å². The fourth-order valence-corrected chi connectivity index (χ4v) is 1.38. The van der Waals surface area contributed by atoms with E-state index in [4.69, 9.17) is 10.2 Å². The molecule has 0 atom stereocenters. The Morgan fingerprint density at radius 2 is 1.75 bits per heavy atom. The van der Waals surface area contributed by atoms with Gasteiger partial charge in [-0.2, -0.15) is 0 Å². The SMILES string of the molecule is O=C(O)C/C(=C\c1ccc(Br)cc1)C(=O)O. The van der Waals surface area contributed by atoms with Crippen LogP contribution in [0.5, 0.6) is 0 Å². The van der Waals surface area contributed by atoms with Crippen LogP contribution in [0, 0.1) is 0 Å². The maximum absolute atomic E-state index is 10.8. The second kappa shape index (κ2) is 5.46. The Hall–Kier alpha value is -1.62. The van der Waals surface area contributed by atoms with E-state index in [-0.39, 0.29) is 5.57 Å². The number of carbonyl (C=O) groups is 2. The van der Waals surface area contributed by atoms with Gasteiger partial charge in [0, 0.05) is 10.0 Å². The third-order valence-corrected chi connectivity index (χ3v) is 2.36. The zero-order valence-electron chi connectivity index (χ0n) is 8.18. The van der Waals surface area contributed by atoms with Crippen molar-refractivity contribution in [3.05, 3.63) is 39.9 Å². The normalized spacial score (nSPS) is 11.2. The summed E-state index contributed by atoms with van der Waals surface area (Å²) in [6, 6.07) is 6.92. The van der Waals surface area contributed by atoms with Crippen LogP contribution in [0.2, 0.25) is 0 Å². The minimum absolute atomic E-state index is 0.144. The molecule has 84 valence electrons. The van der Waals surface area contributed by atoms with E-state index in [1.807, 2.05) is 0 Å². The Labute approximate surface area is 100 Å². The molecule has 0 amide bonds. The first kappa shape index (κ1) is 12.4. The first-order chi connectivity index (χ1) is 7.49. The molecule has 16 heavy (non-hydrogen) atoms. The van der Waals surface area contributed by atoms with Crippen molar-refractivity contribution in [1.29, 1.82) is 0 Å². The van der Waals surface area contributed by atoms with Gasteiger partial charge in [-0.05, 0) is 23.8 Å². The highest BCUT2D eigenvalue weighted by Gasteiger charge is 2.11. The van der Waals surface area contributed by atoms with Crippen molar-refractivity contribution in [3.63, 3.8) is 0 Å². The third-order valence-electron chi connectivity index (χ3n) is 1.83. The van der Waals surface area contributed by atoms with Crippen LogP contribution in [0.1, 0.15) is 12.0 Å². The lowest BCUT2D eigenvalue weighted by Crippen LogP contribution is -2.06.